The van der Waals surface area contributed by atoms with Gasteiger partial charge in [-0.05, 0) is 34.9 Å². The van der Waals surface area contributed by atoms with Crippen LogP contribution in [0, 0.1) is 0 Å². The van der Waals surface area contributed by atoms with Gasteiger partial charge in [0.15, 0.2) is 5.78 Å². The molecule has 2 aliphatic rings. The molecule has 3 heteroatoms. The minimum Gasteiger partial charge on any atom is -0.506 e. The Morgan fingerprint density at radius 3 is 2.63 bits per heavy atom. The lowest BCUT2D eigenvalue weighted by Gasteiger charge is -2.29. The Balaban J connectivity index is 1.94. The first-order valence-electron chi connectivity index (χ1n) is 9.57. The summed E-state index contributed by atoms with van der Waals surface area (Å²) < 4.78 is 0. The molecular weight excluding hydrogens is 334 g/mol. The summed E-state index contributed by atoms with van der Waals surface area (Å²) in [4.78, 5) is 14.5. The van der Waals surface area contributed by atoms with Crippen LogP contribution < -0.4 is 4.90 Å². The van der Waals surface area contributed by atoms with E-state index >= 15 is 0 Å². The summed E-state index contributed by atoms with van der Waals surface area (Å²) in [7, 11) is 0. The molecule has 0 saturated carbocycles. The van der Waals surface area contributed by atoms with Crippen molar-refractivity contribution in [2.75, 3.05) is 11.4 Å². The maximum atomic E-state index is 12.2. The molecule has 0 bridgehead atoms. The maximum absolute atomic E-state index is 12.2. The number of hydrogen-bond acceptors (Lipinski definition) is 3. The van der Waals surface area contributed by atoms with Crippen LogP contribution in [-0.2, 0) is 10.2 Å². The predicted molar refractivity (Wildman–Crippen MR) is 111 cm³/mol. The second-order valence-corrected chi connectivity index (χ2v) is 7.91. The van der Waals surface area contributed by atoms with Crippen molar-refractivity contribution in [2.24, 2.45) is 0 Å². The number of allylic oxidation sites excluding steroid dienone is 4. The molecule has 0 fully saturated rings. The molecule has 2 aromatic carbocycles. The zero-order valence-electron chi connectivity index (χ0n) is 16.2. The van der Waals surface area contributed by atoms with Gasteiger partial charge >= 0.3 is 0 Å². The summed E-state index contributed by atoms with van der Waals surface area (Å²) in [5.41, 5.74) is 3.86. The molecule has 0 radical (unpaired) electrons. The number of fused-ring (bicyclic) bond motifs is 3. The molecule has 1 aliphatic carbocycles. The highest BCUT2D eigenvalue weighted by atomic mass is 16.3. The minimum absolute atomic E-state index is 0.0274. The van der Waals surface area contributed by atoms with E-state index in [2.05, 4.69) is 68.6 Å². The number of ketones is 1. The molecule has 0 saturated heterocycles. The average Bonchev–Trinajstić information content (AvgIpc) is 2.90. The third-order valence-corrected chi connectivity index (χ3v) is 5.83. The third kappa shape index (κ3) is 2.45. The van der Waals surface area contributed by atoms with E-state index in [9.17, 15) is 9.90 Å². The molecule has 1 N–H and O–H groups in total. The molecule has 0 atom stereocenters. The highest BCUT2D eigenvalue weighted by Gasteiger charge is 2.42. The lowest BCUT2D eigenvalue weighted by Crippen LogP contribution is -2.29. The molecular formula is C24H25NO2. The van der Waals surface area contributed by atoms with Gasteiger partial charge in [-0.25, -0.2) is 0 Å². The number of carbonyl (C=O) groups is 1. The second-order valence-electron chi connectivity index (χ2n) is 7.91. The van der Waals surface area contributed by atoms with Crippen LogP contribution in [0.4, 0.5) is 5.69 Å². The Hall–Kier alpha value is -2.81. The van der Waals surface area contributed by atoms with Gasteiger partial charge in [0.05, 0.1) is 11.1 Å². The van der Waals surface area contributed by atoms with Crippen molar-refractivity contribution < 1.29 is 9.90 Å². The smallest absolute Gasteiger partial charge is 0.199 e. The van der Waals surface area contributed by atoms with Gasteiger partial charge in [0.2, 0.25) is 0 Å². The minimum atomic E-state index is -0.269. The summed E-state index contributed by atoms with van der Waals surface area (Å²) in [6.07, 6.45) is 4.03. The highest BCUT2D eigenvalue weighted by molar-refractivity contribution is 6.20. The topological polar surface area (TPSA) is 40.5 Å². The summed E-state index contributed by atoms with van der Waals surface area (Å²) in [6, 6.07) is 12.8. The Morgan fingerprint density at radius 1 is 1.19 bits per heavy atom. The summed E-state index contributed by atoms with van der Waals surface area (Å²) in [6.45, 7) is 11.1. The van der Waals surface area contributed by atoms with E-state index in [-0.39, 0.29) is 22.5 Å². The fraction of sp³-hybridized carbons (Fsp3) is 0.292. The van der Waals surface area contributed by atoms with Gasteiger partial charge in [-0.2, -0.15) is 0 Å². The number of hydrogen-bond donors (Lipinski definition) is 1. The largest absolute Gasteiger partial charge is 0.506 e. The van der Waals surface area contributed by atoms with Crippen molar-refractivity contribution in [3.8, 4) is 0 Å². The van der Waals surface area contributed by atoms with Gasteiger partial charge in [0, 0.05) is 23.3 Å². The van der Waals surface area contributed by atoms with Gasteiger partial charge in [0.1, 0.15) is 5.76 Å². The predicted octanol–water partition coefficient (Wildman–Crippen LogP) is 5.57. The van der Waals surface area contributed by atoms with Crippen molar-refractivity contribution in [3.05, 3.63) is 77.2 Å². The molecule has 27 heavy (non-hydrogen) atoms. The summed E-state index contributed by atoms with van der Waals surface area (Å²) >= 11 is 0. The Kier molecular flexibility index (Phi) is 3.99. The van der Waals surface area contributed by atoms with Crippen LogP contribution in [0.25, 0.3) is 10.8 Å². The number of nitrogens with zero attached hydrogens (tertiary/aromatic N) is 1. The number of Topliss-reactive ketones (excluding diaryl/α,β-unsaturated/α-hetero) is 1. The van der Waals surface area contributed by atoms with Crippen molar-refractivity contribution >= 4 is 22.2 Å². The quantitative estimate of drug-likeness (QED) is 0.725. The van der Waals surface area contributed by atoms with Gasteiger partial charge in [0.25, 0.3) is 0 Å². The SMILES string of the molecule is C=C1C(=O)C(/C=C2/N(CCCC)c3ccc4ccccc4c3C2(C)C)=C1O. The van der Waals surface area contributed by atoms with E-state index < -0.39 is 0 Å². The fourth-order valence-electron chi connectivity index (χ4n) is 4.30. The van der Waals surface area contributed by atoms with Crippen molar-refractivity contribution in [3.63, 3.8) is 0 Å². The van der Waals surface area contributed by atoms with Crippen molar-refractivity contribution in [1.82, 2.24) is 0 Å². The van der Waals surface area contributed by atoms with Crippen molar-refractivity contribution in [2.45, 2.75) is 39.0 Å². The average molecular weight is 359 g/mol. The lowest BCUT2D eigenvalue weighted by atomic mass is 9.79. The first kappa shape index (κ1) is 17.6. The number of aliphatic hydroxyl groups is 1. The van der Waals surface area contributed by atoms with Crippen LogP contribution in [0.1, 0.15) is 39.2 Å². The lowest BCUT2D eigenvalue weighted by molar-refractivity contribution is -0.113. The Labute approximate surface area is 160 Å². The second kappa shape index (κ2) is 6.12. The zero-order chi connectivity index (χ0) is 19.3. The third-order valence-electron chi connectivity index (χ3n) is 5.83. The molecule has 2 aromatic rings. The number of carbonyl (C=O) groups excluding carboxylic acids is 1. The van der Waals surface area contributed by atoms with Crippen molar-refractivity contribution in [1.29, 1.82) is 0 Å². The summed E-state index contributed by atoms with van der Waals surface area (Å²) in [5.74, 6) is -0.133. The maximum Gasteiger partial charge on any atom is 0.199 e. The van der Waals surface area contributed by atoms with E-state index in [1.54, 1.807) is 0 Å². The van der Waals surface area contributed by atoms with Crippen LogP contribution >= 0.6 is 0 Å². The first-order chi connectivity index (χ1) is 12.9. The van der Waals surface area contributed by atoms with Crippen LogP contribution in [0.3, 0.4) is 0 Å². The van der Waals surface area contributed by atoms with Gasteiger partial charge in [-0.3, -0.25) is 4.79 Å². The highest BCUT2D eigenvalue weighted by Crippen LogP contribution is 2.51. The fourth-order valence-corrected chi connectivity index (χ4v) is 4.30. The van der Waals surface area contributed by atoms with E-state index in [1.165, 1.54) is 22.0 Å². The van der Waals surface area contributed by atoms with Crippen LogP contribution in [-0.4, -0.2) is 17.4 Å². The monoisotopic (exact) mass is 359 g/mol. The molecule has 1 heterocycles. The first-order valence-corrected chi connectivity index (χ1v) is 9.57. The van der Waals surface area contributed by atoms with Crippen LogP contribution in [0.15, 0.2) is 71.7 Å². The van der Waals surface area contributed by atoms with Gasteiger partial charge in [-0.1, -0.05) is 64.1 Å². The standard InChI is InChI=1S/C24H25NO2/c1-5-6-13-25-19-12-11-16-9-7-8-10-17(16)21(19)24(3,4)20(25)14-18-22(26)15(2)23(18)27/h7-12,14,26H,2,5-6,13H2,1,3-4H3/b20-14+. The van der Waals surface area contributed by atoms with E-state index in [1.807, 2.05) is 6.08 Å². The van der Waals surface area contributed by atoms with Crippen LogP contribution in [0.5, 0.6) is 0 Å². The molecule has 1 aliphatic heterocycles. The van der Waals surface area contributed by atoms with Gasteiger partial charge < -0.3 is 10.0 Å². The molecule has 0 aromatic heterocycles. The molecule has 138 valence electrons. The van der Waals surface area contributed by atoms with E-state index in [0.29, 0.717) is 5.57 Å². The van der Waals surface area contributed by atoms with Crippen LogP contribution in [0.2, 0.25) is 0 Å². The zero-order valence-corrected chi connectivity index (χ0v) is 16.2. The molecule has 0 spiro atoms. The normalized spacial score (nSPS) is 19.8. The molecule has 3 nitrogen and oxygen atoms in total. The number of benzene rings is 2. The molecule has 0 amide bonds. The number of aliphatic hydroxyl groups excluding tert-OH is 1. The summed E-state index contributed by atoms with van der Waals surface area (Å²) in [5, 5.41) is 12.6. The Bertz CT molecular complexity index is 1040. The molecule has 4 rings (SSSR count). The molecule has 0 unspecified atom stereocenters. The van der Waals surface area contributed by atoms with E-state index in [4.69, 9.17) is 0 Å². The Morgan fingerprint density at radius 2 is 1.93 bits per heavy atom. The van der Waals surface area contributed by atoms with E-state index in [0.717, 1.165) is 25.1 Å². The number of unbranched alkanes of at least 4 members (excludes halogenated alkanes) is 1. The number of rotatable bonds is 4. The van der Waals surface area contributed by atoms with Gasteiger partial charge in [-0.15, -0.1) is 0 Å². The number of anilines is 1.